The maximum atomic E-state index is 12.8. The van der Waals surface area contributed by atoms with Crippen LogP contribution >= 0.6 is 46.4 Å². The van der Waals surface area contributed by atoms with E-state index in [1.165, 1.54) is 18.2 Å². The lowest BCUT2D eigenvalue weighted by molar-refractivity contribution is 0.102. The van der Waals surface area contributed by atoms with E-state index in [2.05, 4.69) is 5.32 Å². The van der Waals surface area contributed by atoms with Gasteiger partial charge in [0.25, 0.3) is 5.91 Å². The monoisotopic (exact) mass is 543 g/mol. The van der Waals surface area contributed by atoms with Gasteiger partial charge in [0.2, 0.25) is 0 Å². The standard InChI is InChI=1S/C26H13Cl4NO4/c27-15-9-14-10-18(26(33)35-24(14)20(29)11-15)25(32)31-16-6-8-21(19(28)12-16)34-22-7-5-13-3-1-2-4-17(13)23(22)30/h1-12H,(H,31,32). The Balaban J connectivity index is 1.39. The van der Waals surface area contributed by atoms with E-state index in [-0.39, 0.29) is 21.2 Å². The molecule has 5 nitrogen and oxygen atoms in total. The summed E-state index contributed by atoms with van der Waals surface area (Å²) in [6, 6.07) is 20.4. The quantitative estimate of drug-likeness (QED) is 0.230. The molecular weight excluding hydrogens is 532 g/mol. The molecule has 1 N–H and O–H groups in total. The van der Waals surface area contributed by atoms with Crippen LogP contribution < -0.4 is 15.7 Å². The summed E-state index contributed by atoms with van der Waals surface area (Å²) in [7, 11) is 0. The summed E-state index contributed by atoms with van der Waals surface area (Å²) in [5, 5.41) is 6.09. The highest BCUT2D eigenvalue weighted by Crippen LogP contribution is 2.38. The highest BCUT2D eigenvalue weighted by Gasteiger charge is 2.17. The molecule has 35 heavy (non-hydrogen) atoms. The van der Waals surface area contributed by atoms with Gasteiger partial charge in [-0.3, -0.25) is 4.79 Å². The van der Waals surface area contributed by atoms with Crippen LogP contribution in [0, 0.1) is 0 Å². The normalized spacial score (nSPS) is 11.1. The Hall–Kier alpha value is -3.22. The molecule has 9 heteroatoms. The maximum Gasteiger partial charge on any atom is 0.349 e. The number of carbonyl (C=O) groups excluding carboxylic acids is 1. The van der Waals surface area contributed by atoms with Crippen LogP contribution in [-0.4, -0.2) is 5.91 Å². The molecule has 1 amide bonds. The molecular formula is C26H13Cl4NO4. The first-order chi connectivity index (χ1) is 16.8. The van der Waals surface area contributed by atoms with Gasteiger partial charge in [-0.15, -0.1) is 0 Å². The van der Waals surface area contributed by atoms with E-state index in [0.29, 0.717) is 32.6 Å². The minimum Gasteiger partial charge on any atom is -0.454 e. The third-order valence-corrected chi connectivity index (χ3v) is 6.42. The van der Waals surface area contributed by atoms with E-state index in [0.717, 1.165) is 10.8 Å². The first-order valence-corrected chi connectivity index (χ1v) is 11.7. The van der Waals surface area contributed by atoms with E-state index < -0.39 is 11.5 Å². The van der Waals surface area contributed by atoms with Crippen LogP contribution in [0.4, 0.5) is 5.69 Å². The molecule has 1 aromatic heterocycles. The van der Waals surface area contributed by atoms with Crippen molar-refractivity contribution in [1.29, 1.82) is 0 Å². The second-order valence-electron chi connectivity index (χ2n) is 7.55. The fraction of sp³-hybridized carbons (Fsp3) is 0. The second kappa shape index (κ2) is 9.44. The number of fused-ring (bicyclic) bond motifs is 2. The number of amides is 1. The fourth-order valence-electron chi connectivity index (χ4n) is 3.59. The van der Waals surface area contributed by atoms with Gasteiger partial charge in [-0.1, -0.05) is 76.7 Å². The van der Waals surface area contributed by atoms with Crippen molar-refractivity contribution in [3.63, 3.8) is 0 Å². The summed E-state index contributed by atoms with van der Waals surface area (Å²) in [6.45, 7) is 0. The van der Waals surface area contributed by atoms with Crippen molar-refractivity contribution in [2.75, 3.05) is 5.32 Å². The second-order valence-corrected chi connectivity index (χ2v) is 9.18. The van der Waals surface area contributed by atoms with Crippen LogP contribution in [0.1, 0.15) is 10.4 Å². The van der Waals surface area contributed by atoms with E-state index in [1.54, 1.807) is 24.3 Å². The summed E-state index contributed by atoms with van der Waals surface area (Å²) >= 11 is 25.0. The molecule has 0 radical (unpaired) electrons. The Bertz CT molecular complexity index is 1700. The number of benzene rings is 4. The number of halogens is 4. The Morgan fingerprint density at radius 1 is 0.800 bits per heavy atom. The largest absolute Gasteiger partial charge is 0.454 e. The molecule has 0 spiro atoms. The zero-order valence-electron chi connectivity index (χ0n) is 17.6. The number of carbonyl (C=O) groups is 1. The van der Waals surface area contributed by atoms with Crippen LogP contribution in [-0.2, 0) is 0 Å². The van der Waals surface area contributed by atoms with Gasteiger partial charge < -0.3 is 14.5 Å². The molecule has 0 saturated carbocycles. The van der Waals surface area contributed by atoms with Gasteiger partial charge in [0.05, 0.1) is 15.1 Å². The zero-order chi connectivity index (χ0) is 24.7. The van der Waals surface area contributed by atoms with Gasteiger partial charge in [0.15, 0.2) is 5.58 Å². The number of nitrogens with one attached hydrogen (secondary N) is 1. The topological polar surface area (TPSA) is 68.5 Å². The fourth-order valence-corrected chi connectivity index (χ4v) is 4.63. The molecule has 5 rings (SSSR count). The van der Waals surface area contributed by atoms with Gasteiger partial charge in [0, 0.05) is 21.5 Å². The molecule has 174 valence electrons. The van der Waals surface area contributed by atoms with Gasteiger partial charge in [0.1, 0.15) is 17.1 Å². The van der Waals surface area contributed by atoms with Gasteiger partial charge >= 0.3 is 5.63 Å². The predicted molar refractivity (Wildman–Crippen MR) is 141 cm³/mol. The lowest BCUT2D eigenvalue weighted by Crippen LogP contribution is -2.20. The Kier molecular flexibility index (Phi) is 6.34. The summed E-state index contributed by atoms with van der Waals surface area (Å²) in [6.07, 6.45) is 0. The van der Waals surface area contributed by atoms with E-state index >= 15 is 0 Å². The maximum absolute atomic E-state index is 12.8. The van der Waals surface area contributed by atoms with Crippen LogP contribution in [0.25, 0.3) is 21.7 Å². The molecule has 1 heterocycles. The van der Waals surface area contributed by atoms with Crippen molar-refractivity contribution in [2.24, 2.45) is 0 Å². The van der Waals surface area contributed by atoms with Crippen LogP contribution in [0.15, 0.2) is 82.0 Å². The summed E-state index contributed by atoms with van der Waals surface area (Å²) in [4.78, 5) is 25.1. The number of anilines is 1. The van der Waals surface area contributed by atoms with Gasteiger partial charge in [-0.2, -0.15) is 0 Å². The lowest BCUT2D eigenvalue weighted by atomic mass is 10.1. The number of ether oxygens (including phenoxy) is 1. The molecule has 4 aromatic carbocycles. The molecule has 0 saturated heterocycles. The van der Waals surface area contributed by atoms with E-state index in [1.807, 2.05) is 30.3 Å². The van der Waals surface area contributed by atoms with Crippen molar-refractivity contribution in [2.45, 2.75) is 0 Å². The smallest absolute Gasteiger partial charge is 0.349 e. The number of hydrogen-bond donors (Lipinski definition) is 1. The van der Waals surface area contributed by atoms with Crippen molar-refractivity contribution in [3.8, 4) is 11.5 Å². The first-order valence-electron chi connectivity index (χ1n) is 10.2. The summed E-state index contributed by atoms with van der Waals surface area (Å²) in [5.41, 5.74) is -0.554. The molecule has 0 fully saturated rings. The molecule has 5 aromatic rings. The highest BCUT2D eigenvalue weighted by molar-refractivity contribution is 6.38. The van der Waals surface area contributed by atoms with E-state index in [4.69, 9.17) is 55.6 Å². The third kappa shape index (κ3) is 4.68. The van der Waals surface area contributed by atoms with Crippen molar-refractivity contribution in [1.82, 2.24) is 0 Å². The average Bonchev–Trinajstić information content (AvgIpc) is 2.82. The minimum absolute atomic E-state index is 0.148. The lowest BCUT2D eigenvalue weighted by Gasteiger charge is -2.12. The summed E-state index contributed by atoms with van der Waals surface area (Å²) in [5.74, 6) is 0.102. The zero-order valence-corrected chi connectivity index (χ0v) is 20.6. The predicted octanol–water partition coefficient (Wildman–Crippen LogP) is 8.60. The molecule has 0 aliphatic carbocycles. The van der Waals surface area contributed by atoms with Crippen molar-refractivity contribution in [3.05, 3.63) is 109 Å². The SMILES string of the molecule is O=C(Nc1ccc(Oc2ccc3ccccc3c2Cl)c(Cl)c1)c1cc2cc(Cl)cc(Cl)c2oc1=O. The van der Waals surface area contributed by atoms with Crippen molar-refractivity contribution < 1.29 is 13.9 Å². The first kappa shape index (κ1) is 23.5. The molecule has 0 aliphatic heterocycles. The van der Waals surface area contributed by atoms with Gasteiger partial charge in [-0.25, -0.2) is 4.79 Å². The van der Waals surface area contributed by atoms with Crippen LogP contribution in [0.3, 0.4) is 0 Å². The van der Waals surface area contributed by atoms with Gasteiger partial charge in [-0.05, 0) is 47.9 Å². The number of rotatable bonds is 4. The Labute approximate surface area is 218 Å². The van der Waals surface area contributed by atoms with Crippen LogP contribution in [0.5, 0.6) is 11.5 Å². The van der Waals surface area contributed by atoms with Crippen LogP contribution in [0.2, 0.25) is 20.1 Å². The summed E-state index contributed by atoms with van der Waals surface area (Å²) < 4.78 is 11.1. The minimum atomic E-state index is -0.837. The Morgan fingerprint density at radius 3 is 2.37 bits per heavy atom. The third-order valence-electron chi connectivity index (χ3n) is 5.23. The highest BCUT2D eigenvalue weighted by atomic mass is 35.5. The number of hydrogen-bond acceptors (Lipinski definition) is 4. The molecule has 0 atom stereocenters. The van der Waals surface area contributed by atoms with Crippen molar-refractivity contribution >= 4 is 79.7 Å². The Morgan fingerprint density at radius 2 is 1.57 bits per heavy atom. The van der Waals surface area contributed by atoms with E-state index in [9.17, 15) is 9.59 Å². The average molecular weight is 545 g/mol. The molecule has 0 unspecified atom stereocenters. The molecule has 0 aliphatic rings. The molecule has 0 bridgehead atoms.